The molecule has 2 aromatic rings. The highest BCUT2D eigenvalue weighted by Gasteiger charge is 2.23. The van der Waals surface area contributed by atoms with Crippen molar-refractivity contribution in [1.29, 1.82) is 0 Å². The maximum Gasteiger partial charge on any atom is 0.264 e. The van der Waals surface area contributed by atoms with Crippen LogP contribution in [-0.2, 0) is 9.59 Å². The Hall–Kier alpha value is -2.58. The van der Waals surface area contributed by atoms with Crippen molar-refractivity contribution in [3.8, 4) is 5.75 Å². The second-order valence-electron chi connectivity index (χ2n) is 5.26. The standard InChI is InChI=1S/C18H14BrN3O3S/c19-13-8-11(6-7-14(13)25-10-16(20)23)9-15-17(24)22-18(26-15)21-12-4-2-1-3-5-12/h1-9H,10H2,(H2,20,23)(H,21,22,24)/b15-9-. The van der Waals surface area contributed by atoms with E-state index in [1.54, 1.807) is 24.3 Å². The molecule has 2 amide bonds. The molecule has 0 bridgehead atoms. The van der Waals surface area contributed by atoms with E-state index < -0.39 is 5.91 Å². The van der Waals surface area contributed by atoms with Crippen molar-refractivity contribution in [2.45, 2.75) is 0 Å². The molecule has 2 aromatic carbocycles. The number of benzene rings is 2. The molecular weight excluding hydrogens is 418 g/mol. The number of nitrogens with zero attached hydrogens (tertiary/aromatic N) is 1. The molecule has 3 N–H and O–H groups in total. The van der Waals surface area contributed by atoms with E-state index in [2.05, 4.69) is 26.2 Å². The molecule has 3 rings (SSSR count). The minimum absolute atomic E-state index is 0.198. The van der Waals surface area contributed by atoms with Crippen molar-refractivity contribution in [2.24, 2.45) is 10.7 Å². The van der Waals surface area contributed by atoms with Crippen LogP contribution in [-0.4, -0.2) is 23.6 Å². The highest BCUT2D eigenvalue weighted by atomic mass is 79.9. The molecule has 6 nitrogen and oxygen atoms in total. The third-order valence-electron chi connectivity index (χ3n) is 3.26. The molecule has 0 aliphatic carbocycles. The Labute approximate surface area is 162 Å². The number of hydrogen-bond acceptors (Lipinski definition) is 5. The maximum atomic E-state index is 12.1. The predicted octanol–water partition coefficient (Wildman–Crippen LogP) is 3.20. The van der Waals surface area contributed by atoms with E-state index in [0.29, 0.717) is 20.3 Å². The Morgan fingerprint density at radius 1 is 1.27 bits per heavy atom. The summed E-state index contributed by atoms with van der Waals surface area (Å²) >= 11 is 4.66. The van der Waals surface area contributed by atoms with Crippen LogP contribution in [0.1, 0.15) is 5.56 Å². The van der Waals surface area contributed by atoms with Gasteiger partial charge in [-0.2, -0.15) is 0 Å². The molecule has 1 heterocycles. The first-order valence-corrected chi connectivity index (χ1v) is 9.17. The molecule has 0 spiro atoms. The summed E-state index contributed by atoms with van der Waals surface area (Å²) in [6.07, 6.45) is 1.76. The number of carbonyl (C=O) groups is 2. The summed E-state index contributed by atoms with van der Waals surface area (Å²) in [4.78, 5) is 27.9. The molecule has 0 atom stereocenters. The summed E-state index contributed by atoms with van der Waals surface area (Å²) in [5.41, 5.74) is 6.65. The Morgan fingerprint density at radius 3 is 2.73 bits per heavy atom. The SMILES string of the molecule is NC(=O)COc1ccc(/C=C2\SC(=Nc3ccccc3)NC2=O)cc1Br. The quantitative estimate of drug-likeness (QED) is 0.710. The van der Waals surface area contributed by atoms with Gasteiger partial charge in [-0.3, -0.25) is 9.59 Å². The summed E-state index contributed by atoms with van der Waals surface area (Å²) < 4.78 is 5.94. The lowest BCUT2D eigenvalue weighted by atomic mass is 10.2. The summed E-state index contributed by atoms with van der Waals surface area (Å²) in [6.45, 7) is -0.198. The lowest BCUT2D eigenvalue weighted by Gasteiger charge is -2.06. The monoisotopic (exact) mass is 431 g/mol. The third kappa shape index (κ3) is 4.74. The van der Waals surface area contributed by atoms with Crippen LogP contribution in [0.3, 0.4) is 0 Å². The van der Waals surface area contributed by atoms with E-state index in [-0.39, 0.29) is 12.5 Å². The van der Waals surface area contributed by atoms with Crippen LogP contribution in [0.2, 0.25) is 0 Å². The van der Waals surface area contributed by atoms with Gasteiger partial charge in [0.1, 0.15) is 5.75 Å². The first-order valence-electron chi connectivity index (χ1n) is 7.56. The van der Waals surface area contributed by atoms with Gasteiger partial charge in [0, 0.05) is 0 Å². The highest BCUT2D eigenvalue weighted by Crippen LogP contribution is 2.31. The number of rotatable bonds is 5. The zero-order valence-electron chi connectivity index (χ0n) is 13.4. The number of amidine groups is 1. The van der Waals surface area contributed by atoms with Gasteiger partial charge in [0.2, 0.25) is 0 Å². The van der Waals surface area contributed by atoms with Crippen LogP contribution in [0.5, 0.6) is 5.75 Å². The van der Waals surface area contributed by atoms with Gasteiger partial charge in [-0.15, -0.1) is 0 Å². The molecule has 8 heteroatoms. The van der Waals surface area contributed by atoms with E-state index in [0.717, 1.165) is 11.3 Å². The van der Waals surface area contributed by atoms with Crippen molar-refractivity contribution in [2.75, 3.05) is 6.61 Å². The summed E-state index contributed by atoms with van der Waals surface area (Å²) in [7, 11) is 0. The number of para-hydroxylation sites is 1. The number of thioether (sulfide) groups is 1. The molecule has 1 aliphatic heterocycles. The third-order valence-corrected chi connectivity index (χ3v) is 4.79. The zero-order valence-corrected chi connectivity index (χ0v) is 15.8. The van der Waals surface area contributed by atoms with Crippen LogP contribution >= 0.6 is 27.7 Å². The largest absolute Gasteiger partial charge is 0.483 e. The molecule has 1 fully saturated rings. The van der Waals surface area contributed by atoms with Crippen molar-refractivity contribution in [1.82, 2.24) is 5.32 Å². The zero-order chi connectivity index (χ0) is 18.5. The fourth-order valence-electron chi connectivity index (χ4n) is 2.12. The molecule has 0 unspecified atom stereocenters. The number of primary amides is 1. The second kappa shape index (κ2) is 8.20. The van der Waals surface area contributed by atoms with Gasteiger partial charge >= 0.3 is 0 Å². The first kappa shape index (κ1) is 18.2. The molecule has 0 aromatic heterocycles. The van der Waals surface area contributed by atoms with Gasteiger partial charge in [-0.1, -0.05) is 24.3 Å². The van der Waals surface area contributed by atoms with E-state index in [4.69, 9.17) is 10.5 Å². The number of carbonyl (C=O) groups excluding carboxylic acids is 2. The van der Waals surface area contributed by atoms with E-state index in [1.165, 1.54) is 11.8 Å². The molecule has 0 saturated carbocycles. The Bertz CT molecular complexity index is 913. The minimum atomic E-state index is -0.549. The number of ether oxygens (including phenoxy) is 1. The molecule has 0 radical (unpaired) electrons. The van der Waals surface area contributed by atoms with Crippen LogP contribution in [0.4, 0.5) is 5.69 Å². The minimum Gasteiger partial charge on any atom is -0.483 e. The van der Waals surface area contributed by atoms with Gasteiger partial charge < -0.3 is 15.8 Å². The molecule has 26 heavy (non-hydrogen) atoms. The fourth-order valence-corrected chi connectivity index (χ4v) is 3.48. The topological polar surface area (TPSA) is 93.8 Å². The van der Waals surface area contributed by atoms with Crippen LogP contribution in [0.15, 0.2) is 62.9 Å². The molecule has 1 saturated heterocycles. The number of nitrogens with two attached hydrogens (primary N) is 1. The van der Waals surface area contributed by atoms with Gasteiger partial charge in [0.05, 0.1) is 15.1 Å². The van der Waals surface area contributed by atoms with Crippen molar-refractivity contribution in [3.05, 3.63) is 63.5 Å². The van der Waals surface area contributed by atoms with Crippen LogP contribution < -0.4 is 15.8 Å². The number of aliphatic imine (C=N–C) groups is 1. The lowest BCUT2D eigenvalue weighted by molar-refractivity contribution is -0.120. The molecular formula is C18H14BrN3O3S. The van der Waals surface area contributed by atoms with Crippen molar-refractivity contribution >= 4 is 56.4 Å². The molecule has 132 valence electrons. The average molecular weight is 432 g/mol. The average Bonchev–Trinajstić information content (AvgIpc) is 2.94. The van der Waals surface area contributed by atoms with Crippen molar-refractivity contribution < 1.29 is 14.3 Å². The smallest absolute Gasteiger partial charge is 0.264 e. The summed E-state index contributed by atoms with van der Waals surface area (Å²) in [5, 5.41) is 3.28. The van der Waals surface area contributed by atoms with Gasteiger partial charge in [-0.05, 0) is 63.6 Å². The predicted molar refractivity (Wildman–Crippen MR) is 106 cm³/mol. The van der Waals surface area contributed by atoms with E-state index >= 15 is 0 Å². The van der Waals surface area contributed by atoms with E-state index in [9.17, 15) is 9.59 Å². The summed E-state index contributed by atoms with van der Waals surface area (Å²) in [6, 6.07) is 14.7. The lowest BCUT2D eigenvalue weighted by Crippen LogP contribution is -2.20. The van der Waals surface area contributed by atoms with Gasteiger partial charge in [-0.25, -0.2) is 4.99 Å². The first-order chi connectivity index (χ1) is 12.5. The molecule has 1 aliphatic rings. The van der Waals surface area contributed by atoms with Crippen LogP contribution in [0, 0.1) is 0 Å². The van der Waals surface area contributed by atoms with Gasteiger partial charge in [0.15, 0.2) is 11.8 Å². The normalized spacial score (nSPS) is 16.7. The number of hydrogen-bond donors (Lipinski definition) is 2. The fraction of sp³-hybridized carbons (Fsp3) is 0.0556. The Kier molecular flexibility index (Phi) is 5.75. The number of halogens is 1. The second-order valence-corrected chi connectivity index (χ2v) is 7.15. The van der Waals surface area contributed by atoms with Crippen molar-refractivity contribution in [3.63, 3.8) is 0 Å². The van der Waals surface area contributed by atoms with Gasteiger partial charge in [0.25, 0.3) is 11.8 Å². The number of amides is 2. The van der Waals surface area contributed by atoms with E-state index in [1.807, 2.05) is 30.3 Å². The summed E-state index contributed by atoms with van der Waals surface area (Å²) in [5.74, 6) is -0.247. The highest BCUT2D eigenvalue weighted by molar-refractivity contribution is 9.10. The Balaban J connectivity index is 1.75. The Morgan fingerprint density at radius 2 is 2.04 bits per heavy atom. The maximum absolute atomic E-state index is 12.1. The number of nitrogens with one attached hydrogen (secondary N) is 1. The van der Waals surface area contributed by atoms with Crippen LogP contribution in [0.25, 0.3) is 6.08 Å².